The lowest BCUT2D eigenvalue weighted by Gasteiger charge is -2.44. The summed E-state index contributed by atoms with van der Waals surface area (Å²) in [6.07, 6.45) is 4.31. The van der Waals surface area contributed by atoms with Gasteiger partial charge in [0.05, 0.1) is 23.7 Å². The number of carbonyl (C=O) groups is 1. The molecule has 0 saturated carbocycles. The number of nitrogens with zero attached hydrogens (tertiary/aromatic N) is 5. The number of aliphatic hydroxyl groups excluding tert-OH is 1. The first-order valence-corrected chi connectivity index (χ1v) is 11.9. The van der Waals surface area contributed by atoms with Crippen LogP contribution in [0.2, 0.25) is 0 Å². The number of alkyl halides is 2. The quantitative estimate of drug-likeness (QED) is 0.280. The highest BCUT2D eigenvalue weighted by atomic mass is 19.3. The third-order valence-electron chi connectivity index (χ3n) is 7.07. The predicted molar refractivity (Wildman–Crippen MR) is 130 cm³/mol. The van der Waals surface area contributed by atoms with Gasteiger partial charge in [0, 0.05) is 60.4 Å². The van der Waals surface area contributed by atoms with Crippen LogP contribution in [0.4, 0.5) is 13.2 Å². The van der Waals surface area contributed by atoms with E-state index in [1.807, 2.05) is 0 Å². The van der Waals surface area contributed by atoms with E-state index in [2.05, 4.69) is 15.0 Å². The molecule has 0 unspecified atom stereocenters. The number of ether oxygens (including phenoxy) is 1. The molecule has 1 aromatic carbocycles. The Morgan fingerprint density at radius 1 is 1.21 bits per heavy atom. The van der Waals surface area contributed by atoms with E-state index in [1.165, 1.54) is 30.7 Å². The average Bonchev–Trinajstić information content (AvgIpc) is 3.39. The lowest BCUT2D eigenvalue weighted by atomic mass is 9.81. The number of aliphatic hydroxyl groups is 2. The molecule has 38 heavy (non-hydrogen) atoms. The fourth-order valence-electron chi connectivity index (χ4n) is 5.37. The number of halogens is 3. The van der Waals surface area contributed by atoms with Crippen molar-refractivity contribution in [2.75, 3.05) is 13.1 Å². The minimum Gasteiger partial charge on any atom is -0.435 e. The van der Waals surface area contributed by atoms with E-state index in [-0.39, 0.29) is 49.7 Å². The zero-order valence-corrected chi connectivity index (χ0v) is 19.8. The van der Waals surface area contributed by atoms with Crippen molar-refractivity contribution in [1.29, 1.82) is 0 Å². The molecule has 9 nitrogen and oxygen atoms in total. The van der Waals surface area contributed by atoms with Gasteiger partial charge in [-0.05, 0) is 12.5 Å². The van der Waals surface area contributed by atoms with E-state index in [0.717, 1.165) is 6.19 Å². The molecule has 0 spiro atoms. The molecule has 1 saturated heterocycles. The summed E-state index contributed by atoms with van der Waals surface area (Å²) in [5.74, 6) is -0.949. The maximum absolute atomic E-state index is 15.2. The summed E-state index contributed by atoms with van der Waals surface area (Å²) in [6.45, 7) is -2.58. The average molecular weight is 523 g/mol. The lowest BCUT2D eigenvalue weighted by molar-refractivity contribution is -0.0726. The molecule has 194 valence electrons. The van der Waals surface area contributed by atoms with Crippen molar-refractivity contribution in [3.8, 4) is 16.9 Å². The Bertz CT molecular complexity index is 1530. The van der Waals surface area contributed by atoms with Crippen molar-refractivity contribution < 1.29 is 32.9 Å². The Kier molecular flexibility index (Phi) is 5.93. The SMILES string of the molecule is O=CBN1CC(O)(c2ncc(-c3cn4c5c(nc4cc3F)[C@H](O)C[C@@H]5c3ccccc3OC(F)F)cn2)C1. The van der Waals surface area contributed by atoms with E-state index in [1.54, 1.807) is 27.4 Å². The number of benzene rings is 1. The first-order chi connectivity index (χ1) is 18.3. The van der Waals surface area contributed by atoms with Crippen molar-refractivity contribution in [2.24, 2.45) is 0 Å². The number of hydrogen-bond acceptors (Lipinski definition) is 8. The highest BCUT2D eigenvalue weighted by molar-refractivity contribution is 6.64. The molecule has 2 aliphatic rings. The topological polar surface area (TPSA) is 113 Å². The number of hydrogen-bond donors (Lipinski definition) is 2. The number of aromatic nitrogens is 4. The molecule has 2 atom stereocenters. The summed E-state index contributed by atoms with van der Waals surface area (Å²) < 4.78 is 47.6. The Labute approximate surface area is 214 Å². The molecule has 1 aliphatic heterocycles. The van der Waals surface area contributed by atoms with Crippen LogP contribution in [0.25, 0.3) is 16.8 Å². The van der Waals surface area contributed by atoms with Crippen molar-refractivity contribution in [2.45, 2.75) is 30.7 Å². The van der Waals surface area contributed by atoms with Gasteiger partial charge in [0.15, 0.2) is 5.82 Å². The Hall–Kier alpha value is -3.81. The van der Waals surface area contributed by atoms with Gasteiger partial charge < -0.3 is 29.0 Å². The standard InChI is InChI=1S/C25H21BF3N5O4/c27-17-6-20-32-21-18(36)5-15(14-3-1-2-4-19(14)38-24(28)29)22(21)34(20)9-16(17)13-7-30-23(31-8-13)25(37)10-33(11-25)26-12-35/h1-4,6-9,12,15,18,24,26,36-37H,5,10-11H2/t15-,18-/m1/s1. The van der Waals surface area contributed by atoms with Crippen LogP contribution in [0.5, 0.6) is 5.75 Å². The fourth-order valence-corrected chi connectivity index (χ4v) is 5.37. The number of para-hydroxylation sites is 1. The summed E-state index contributed by atoms with van der Waals surface area (Å²) in [4.78, 5) is 25.3. The van der Waals surface area contributed by atoms with Crippen molar-refractivity contribution in [3.05, 3.63) is 77.5 Å². The highest BCUT2D eigenvalue weighted by Crippen LogP contribution is 2.47. The minimum atomic E-state index is -3.01. The van der Waals surface area contributed by atoms with Gasteiger partial charge in [-0.1, -0.05) is 18.2 Å². The molecular formula is C25H21BF3N5O4. The number of rotatable bonds is 7. The summed E-state index contributed by atoms with van der Waals surface area (Å²) in [6, 6.07) is 7.59. The lowest BCUT2D eigenvalue weighted by Crippen LogP contribution is -2.61. The van der Waals surface area contributed by atoms with Crippen LogP contribution in [0.15, 0.2) is 48.9 Å². The first kappa shape index (κ1) is 24.5. The summed E-state index contributed by atoms with van der Waals surface area (Å²) in [7, 11) is 0.204. The molecule has 0 radical (unpaired) electrons. The zero-order chi connectivity index (χ0) is 26.6. The normalized spacial score (nSPS) is 20.4. The fraction of sp³-hybridized carbons (Fsp3) is 0.280. The van der Waals surface area contributed by atoms with Crippen LogP contribution >= 0.6 is 0 Å². The zero-order valence-electron chi connectivity index (χ0n) is 19.8. The van der Waals surface area contributed by atoms with Gasteiger partial charge in [-0.15, -0.1) is 0 Å². The molecule has 3 aromatic heterocycles. The summed E-state index contributed by atoms with van der Waals surface area (Å²) >= 11 is 0. The van der Waals surface area contributed by atoms with Gasteiger partial charge in [0.2, 0.25) is 0 Å². The molecule has 0 amide bonds. The highest BCUT2D eigenvalue weighted by Gasteiger charge is 2.44. The van der Waals surface area contributed by atoms with Crippen molar-refractivity contribution >= 4 is 19.2 Å². The molecule has 4 heterocycles. The summed E-state index contributed by atoms with van der Waals surface area (Å²) in [5, 5.41) is 21.4. The molecule has 4 aromatic rings. The monoisotopic (exact) mass is 523 g/mol. The number of imidazole rings is 1. The van der Waals surface area contributed by atoms with Crippen LogP contribution in [-0.4, -0.2) is 67.7 Å². The first-order valence-electron chi connectivity index (χ1n) is 11.9. The van der Waals surface area contributed by atoms with Gasteiger partial charge in [-0.2, -0.15) is 8.78 Å². The maximum Gasteiger partial charge on any atom is 0.387 e. The second kappa shape index (κ2) is 9.19. The largest absolute Gasteiger partial charge is 0.435 e. The second-order valence-electron chi connectivity index (χ2n) is 9.53. The van der Waals surface area contributed by atoms with E-state index in [4.69, 9.17) is 4.74 Å². The predicted octanol–water partition coefficient (Wildman–Crippen LogP) is 2.15. The van der Waals surface area contributed by atoms with E-state index in [0.29, 0.717) is 22.5 Å². The third-order valence-corrected chi connectivity index (χ3v) is 7.07. The third kappa shape index (κ3) is 4.03. The molecule has 6 rings (SSSR count). The Morgan fingerprint density at radius 2 is 1.95 bits per heavy atom. The van der Waals surface area contributed by atoms with Crippen LogP contribution in [0.3, 0.4) is 0 Å². The molecular weight excluding hydrogens is 502 g/mol. The van der Waals surface area contributed by atoms with Gasteiger partial charge in [-0.25, -0.2) is 19.3 Å². The van der Waals surface area contributed by atoms with E-state index >= 15 is 4.39 Å². The van der Waals surface area contributed by atoms with Gasteiger partial charge in [0.1, 0.15) is 22.8 Å². The number of pyridine rings is 1. The van der Waals surface area contributed by atoms with Crippen molar-refractivity contribution in [3.63, 3.8) is 0 Å². The van der Waals surface area contributed by atoms with Gasteiger partial charge >= 0.3 is 6.61 Å². The number of β-amino-alcohol motifs (C(OH)–C–C–N with tert-alkyl or cyclic N) is 1. The summed E-state index contributed by atoms with van der Waals surface area (Å²) in [5.41, 5.74) is 0.830. The van der Waals surface area contributed by atoms with Gasteiger partial charge in [0.25, 0.3) is 7.41 Å². The molecule has 13 heteroatoms. The molecule has 0 bridgehead atoms. The molecule has 1 fully saturated rings. The van der Waals surface area contributed by atoms with Crippen LogP contribution in [0, 0.1) is 5.82 Å². The van der Waals surface area contributed by atoms with E-state index < -0.39 is 30.1 Å². The van der Waals surface area contributed by atoms with Crippen LogP contribution < -0.4 is 4.74 Å². The number of fused-ring (bicyclic) bond motifs is 3. The molecule has 1 aliphatic carbocycles. The van der Waals surface area contributed by atoms with Crippen LogP contribution in [0.1, 0.15) is 41.2 Å². The van der Waals surface area contributed by atoms with Gasteiger partial charge in [-0.3, -0.25) is 0 Å². The smallest absolute Gasteiger partial charge is 0.387 e. The Morgan fingerprint density at radius 3 is 2.66 bits per heavy atom. The molecule has 2 N–H and O–H groups in total. The minimum absolute atomic E-state index is 0.00513. The maximum atomic E-state index is 15.2. The Balaban J connectivity index is 1.38. The van der Waals surface area contributed by atoms with E-state index in [9.17, 15) is 23.8 Å². The second-order valence-corrected chi connectivity index (χ2v) is 9.53. The number of carbonyl (C=O) groups excluding carboxylic acids is 1. The van der Waals surface area contributed by atoms with Crippen LogP contribution in [-0.2, 0) is 10.4 Å². The van der Waals surface area contributed by atoms with Crippen molar-refractivity contribution in [1.82, 2.24) is 24.2 Å².